The first-order chi connectivity index (χ1) is 54.7. The van der Waals surface area contributed by atoms with Crippen molar-refractivity contribution in [1.82, 2.24) is 4.98 Å². The SMILES string of the molecule is CC(C)Cc1c[nH]c2ccccc12.CCOC(=O)C(C(C)C)C(C)C.CCOC(=O)C(C(C)C)C(C)CC.CCOC(=O)C(C)C(C)C.CCOC(=O)C(CC(C)C)C(C)C.CCOC(=O)C(Cc1ccccc1)C(C)C.CCOC(=O)CC(C(=O)OCC)C(C)C.CCOC(=O)CC(C)C.CCOC(=O)CCC(C(=O)OCC)C(C)C. The molecule has 1 N–H and O–H groups in total. The number of fused-ring (bicyclic) bond motifs is 1. The van der Waals surface area contributed by atoms with Crippen molar-refractivity contribution in [3.8, 4) is 0 Å². The fourth-order valence-corrected chi connectivity index (χ4v) is 11.9. The summed E-state index contributed by atoms with van der Waals surface area (Å²) in [6, 6.07) is 18.6. The second-order valence-electron chi connectivity index (χ2n) is 32.9. The van der Waals surface area contributed by atoms with Gasteiger partial charge in [-0.3, -0.25) is 47.9 Å². The molecule has 0 aliphatic heterocycles. The Hall–Kier alpha value is -7.32. The van der Waals surface area contributed by atoms with Crippen molar-refractivity contribution < 1.29 is 95.3 Å². The van der Waals surface area contributed by atoms with Crippen LogP contribution in [0.4, 0.5) is 0 Å². The highest BCUT2D eigenvalue weighted by atomic mass is 16.6. The molecule has 7 unspecified atom stereocenters. The van der Waals surface area contributed by atoms with E-state index in [0.717, 1.165) is 31.6 Å². The highest BCUT2D eigenvalue weighted by Crippen LogP contribution is 2.27. The average Bonchev–Trinajstić information content (AvgIpc) is 1.72. The third-order valence-corrected chi connectivity index (χ3v) is 18.6. The molecule has 0 spiro atoms. The minimum atomic E-state index is -0.399. The van der Waals surface area contributed by atoms with Crippen molar-refractivity contribution in [1.29, 1.82) is 0 Å². The topological polar surface area (TPSA) is 279 Å². The molecule has 0 amide bonds. The zero-order valence-corrected chi connectivity index (χ0v) is 80.1. The summed E-state index contributed by atoms with van der Waals surface area (Å²) in [6.07, 6.45) is 7.41. The van der Waals surface area contributed by atoms with Gasteiger partial charge in [0.15, 0.2) is 0 Å². The number of ether oxygens (including phenoxy) is 10. The number of benzene rings is 2. The summed E-state index contributed by atoms with van der Waals surface area (Å²) in [5.74, 6) is 2.53. The number of para-hydroxylation sites is 1. The minimum absolute atomic E-state index is 0.0277. The van der Waals surface area contributed by atoms with Gasteiger partial charge >= 0.3 is 59.7 Å². The van der Waals surface area contributed by atoms with E-state index in [9.17, 15) is 47.9 Å². The molecule has 1 heterocycles. The van der Waals surface area contributed by atoms with E-state index in [-0.39, 0.29) is 120 Å². The van der Waals surface area contributed by atoms with Gasteiger partial charge in [-0.05, 0) is 183 Å². The first kappa shape index (κ1) is 121. The van der Waals surface area contributed by atoms with Gasteiger partial charge in [0.1, 0.15) is 0 Å². The number of carbonyl (C=O) groups excluding carboxylic acids is 10. The van der Waals surface area contributed by atoms with Crippen LogP contribution < -0.4 is 0 Å². The maximum atomic E-state index is 11.8. The molecule has 7 atom stereocenters. The number of esters is 10. The molecule has 0 aliphatic rings. The number of H-pyrrole nitrogens is 1. The van der Waals surface area contributed by atoms with Gasteiger partial charge in [0, 0.05) is 29.9 Å². The molecule has 0 aliphatic carbocycles. The lowest BCUT2D eigenvalue weighted by Crippen LogP contribution is -2.28. The maximum Gasteiger partial charge on any atom is 0.309 e. The Morgan fingerprint density at radius 2 is 0.658 bits per heavy atom. The third-order valence-electron chi connectivity index (χ3n) is 18.6. The zero-order chi connectivity index (χ0) is 91.6. The summed E-state index contributed by atoms with van der Waals surface area (Å²) >= 11 is 0. The Labute approximate surface area is 711 Å². The molecular formula is C96H171NO20. The number of nitrogens with one attached hydrogen (secondary N) is 1. The number of rotatable bonds is 40. The summed E-state index contributed by atoms with van der Waals surface area (Å²) in [5, 5.41) is 1.37. The maximum absolute atomic E-state index is 11.8. The van der Waals surface area contributed by atoms with Crippen molar-refractivity contribution in [2.75, 3.05) is 66.1 Å². The van der Waals surface area contributed by atoms with Crippen molar-refractivity contribution in [3.63, 3.8) is 0 Å². The lowest BCUT2D eigenvalue weighted by molar-refractivity contribution is -0.156. The van der Waals surface area contributed by atoms with Crippen molar-refractivity contribution >= 4 is 70.6 Å². The van der Waals surface area contributed by atoms with Gasteiger partial charge in [-0.2, -0.15) is 0 Å². The molecule has 1 aromatic heterocycles. The van der Waals surface area contributed by atoms with Crippen LogP contribution in [0.15, 0.2) is 60.8 Å². The van der Waals surface area contributed by atoms with E-state index in [1.807, 2.05) is 122 Å². The van der Waals surface area contributed by atoms with E-state index < -0.39 is 5.92 Å². The van der Waals surface area contributed by atoms with Gasteiger partial charge in [-0.1, -0.05) is 228 Å². The summed E-state index contributed by atoms with van der Waals surface area (Å²) in [5.41, 5.74) is 3.87. The summed E-state index contributed by atoms with van der Waals surface area (Å²) in [7, 11) is 0. The Bertz CT molecular complexity index is 3010. The Morgan fingerprint density at radius 3 is 1.03 bits per heavy atom. The molecule has 680 valence electrons. The lowest BCUT2D eigenvalue weighted by Gasteiger charge is -2.24. The molecule has 21 heteroatoms. The number of hydrogen-bond acceptors (Lipinski definition) is 20. The summed E-state index contributed by atoms with van der Waals surface area (Å²) < 4.78 is 49.2. The molecule has 3 aromatic rings. The van der Waals surface area contributed by atoms with Gasteiger partial charge in [-0.25, -0.2) is 0 Å². The lowest BCUT2D eigenvalue weighted by atomic mass is 9.83. The molecule has 0 saturated carbocycles. The minimum Gasteiger partial charge on any atom is -0.466 e. The molecule has 21 nitrogen and oxygen atoms in total. The van der Waals surface area contributed by atoms with Gasteiger partial charge in [0.05, 0.1) is 114 Å². The van der Waals surface area contributed by atoms with Crippen LogP contribution in [0.5, 0.6) is 0 Å². The quantitative estimate of drug-likeness (QED) is 0.0409. The van der Waals surface area contributed by atoms with Crippen LogP contribution in [0.3, 0.4) is 0 Å². The fourth-order valence-electron chi connectivity index (χ4n) is 11.9. The smallest absolute Gasteiger partial charge is 0.309 e. The van der Waals surface area contributed by atoms with E-state index in [1.165, 1.54) is 22.0 Å². The second-order valence-corrected chi connectivity index (χ2v) is 32.9. The summed E-state index contributed by atoms with van der Waals surface area (Å²) in [6.45, 7) is 73.6. The van der Waals surface area contributed by atoms with Crippen LogP contribution >= 0.6 is 0 Å². The molecule has 0 radical (unpaired) electrons. The largest absolute Gasteiger partial charge is 0.466 e. The number of hydrogen-bond donors (Lipinski definition) is 1. The predicted molar refractivity (Wildman–Crippen MR) is 474 cm³/mol. The van der Waals surface area contributed by atoms with Crippen LogP contribution in [-0.2, 0) is 108 Å². The van der Waals surface area contributed by atoms with Crippen LogP contribution in [0.1, 0.15) is 292 Å². The normalized spacial score (nSPS) is 12.5. The van der Waals surface area contributed by atoms with E-state index in [1.54, 1.807) is 27.7 Å². The molecule has 2 aromatic carbocycles. The van der Waals surface area contributed by atoms with Gasteiger partial charge in [-0.15, -0.1) is 0 Å². The fraction of sp³-hybridized carbons (Fsp3) is 0.750. The Morgan fingerprint density at radius 1 is 0.308 bits per heavy atom. The molecule has 0 bridgehead atoms. The number of aromatic amines is 1. The molecule has 117 heavy (non-hydrogen) atoms. The molecule has 0 fully saturated rings. The van der Waals surface area contributed by atoms with Crippen LogP contribution in [0.2, 0.25) is 0 Å². The van der Waals surface area contributed by atoms with Crippen LogP contribution in [0.25, 0.3) is 10.9 Å². The van der Waals surface area contributed by atoms with Crippen molar-refractivity contribution in [3.05, 3.63) is 71.9 Å². The van der Waals surface area contributed by atoms with Gasteiger partial charge in [0.2, 0.25) is 0 Å². The highest BCUT2D eigenvalue weighted by molar-refractivity contribution is 5.83. The first-order valence-electron chi connectivity index (χ1n) is 44.0. The van der Waals surface area contributed by atoms with E-state index in [4.69, 9.17) is 47.4 Å². The highest BCUT2D eigenvalue weighted by Gasteiger charge is 2.31. The Kier molecular flexibility index (Phi) is 76.0. The first-order valence-corrected chi connectivity index (χ1v) is 44.0. The number of aromatic nitrogens is 1. The van der Waals surface area contributed by atoms with Crippen LogP contribution in [0, 0.1) is 112 Å². The molecule has 0 saturated heterocycles. The zero-order valence-electron chi connectivity index (χ0n) is 80.1. The second kappa shape index (κ2) is 73.8. The molecule has 3 rings (SSSR count). The van der Waals surface area contributed by atoms with E-state index >= 15 is 0 Å². The number of carbonyl (C=O) groups is 10. The average molecular weight is 1660 g/mol. The third kappa shape index (κ3) is 61.6. The predicted octanol–water partition coefficient (Wildman–Crippen LogP) is 22.0. The van der Waals surface area contributed by atoms with Crippen molar-refractivity contribution in [2.45, 2.75) is 294 Å². The standard InChI is InChI=1S/C14H20O2.C12H15N.C12H22O4.C11H20O4.2C11H22O2.C10H20O2.C8H16O2.C7H14O2/c1-4-16-14(15)13(11(2)3)10-12-8-6-5-7-9-12;1-9(2)7-10-8-13-12-6-4-3-5-11(10)12;1-5-15-11(13)8-7-10(9(3)4)12(14)16-6-2;1-5-14-10(12)7-9(8(3)4)11(13)15-6-2;1-6-13-11(12)10(9(4)5)7-8(2)3;1-6-9(5)10(8(3)4)11(12)13-7-2;1-6-12-10(11)9(7(2)3)8(4)5;1-5-10-8(9)7(4)6(2)3;1-4-9-7(8)5-6(2)3/h5-9,11,13H,4,10H2,1-3H3;3-6,8-9,13H,7H2,1-2H3;9-10H,5-8H2,1-4H3;8-9H,5-7H2,1-4H3;2*8-10H,6-7H2,1-5H3;7-9H,6H2,1-5H3;6-7H,5H2,1-4H3;6H,4-5H2,1-3H3. The molecular weight excluding hydrogens is 1490 g/mol. The van der Waals surface area contributed by atoms with Gasteiger partial charge in [0.25, 0.3) is 0 Å². The van der Waals surface area contributed by atoms with Crippen LogP contribution in [-0.4, -0.2) is 131 Å². The van der Waals surface area contributed by atoms with E-state index in [2.05, 4.69) is 158 Å². The monoisotopic (exact) mass is 1660 g/mol. The van der Waals surface area contributed by atoms with Gasteiger partial charge < -0.3 is 52.4 Å². The van der Waals surface area contributed by atoms with E-state index in [0.29, 0.717) is 132 Å². The summed E-state index contributed by atoms with van der Waals surface area (Å²) in [4.78, 5) is 117. The Balaban J connectivity index is -0.000000298. The van der Waals surface area contributed by atoms with Crippen molar-refractivity contribution in [2.24, 2.45) is 112 Å².